The van der Waals surface area contributed by atoms with Crippen molar-refractivity contribution in [3.63, 3.8) is 0 Å². The minimum Gasteiger partial charge on any atom is -0.325 e. The second kappa shape index (κ2) is 7.95. The first-order valence-electron chi connectivity index (χ1n) is 8.42. The van der Waals surface area contributed by atoms with Crippen LogP contribution < -0.4 is 5.32 Å². The maximum absolute atomic E-state index is 12.3. The van der Waals surface area contributed by atoms with E-state index in [-0.39, 0.29) is 11.7 Å². The van der Waals surface area contributed by atoms with Crippen molar-refractivity contribution in [2.24, 2.45) is 0 Å². The van der Waals surface area contributed by atoms with Crippen LogP contribution in [0.25, 0.3) is 16.9 Å². The molecule has 28 heavy (non-hydrogen) atoms. The number of carbonyl (C=O) groups excluding carboxylic acids is 1. The Morgan fingerprint density at radius 3 is 2.86 bits per heavy atom. The van der Waals surface area contributed by atoms with Crippen LogP contribution in [0.4, 0.5) is 5.69 Å². The van der Waals surface area contributed by atoms with Crippen LogP contribution >= 0.6 is 23.4 Å². The molecule has 0 bridgehead atoms. The molecule has 140 valence electrons. The van der Waals surface area contributed by atoms with E-state index in [1.807, 2.05) is 43.3 Å². The van der Waals surface area contributed by atoms with Crippen molar-refractivity contribution in [2.75, 3.05) is 11.1 Å². The number of amides is 1. The quantitative estimate of drug-likeness (QED) is 0.396. The number of rotatable bonds is 5. The fraction of sp³-hybridized carbons (Fsp3) is 0.105. The average Bonchev–Trinajstić information content (AvgIpc) is 3.13. The number of fused-ring (bicyclic) bond motifs is 1. The van der Waals surface area contributed by atoms with Crippen molar-refractivity contribution in [3.8, 4) is 5.69 Å². The molecular formula is C19H15ClN6OS. The molecule has 1 N–H and O–H groups in total. The Morgan fingerprint density at radius 2 is 2.04 bits per heavy atom. The van der Waals surface area contributed by atoms with Crippen molar-refractivity contribution in [2.45, 2.75) is 11.9 Å². The van der Waals surface area contributed by atoms with Gasteiger partial charge in [0, 0.05) is 10.7 Å². The summed E-state index contributed by atoms with van der Waals surface area (Å²) >= 11 is 7.35. The number of aromatic nitrogens is 5. The number of anilines is 1. The van der Waals surface area contributed by atoms with Gasteiger partial charge in [0.25, 0.3) is 0 Å². The zero-order valence-corrected chi connectivity index (χ0v) is 16.4. The summed E-state index contributed by atoms with van der Waals surface area (Å²) in [6, 6.07) is 14.9. The van der Waals surface area contributed by atoms with E-state index in [0.717, 1.165) is 16.9 Å². The summed E-state index contributed by atoms with van der Waals surface area (Å²) < 4.78 is 1.60. The minimum atomic E-state index is -0.117. The highest BCUT2D eigenvalue weighted by Crippen LogP contribution is 2.25. The summed E-state index contributed by atoms with van der Waals surface area (Å²) in [5, 5.41) is 12.5. The van der Waals surface area contributed by atoms with Gasteiger partial charge >= 0.3 is 0 Å². The fourth-order valence-corrected chi connectivity index (χ4v) is 3.56. The molecule has 2 heterocycles. The van der Waals surface area contributed by atoms with Crippen molar-refractivity contribution in [3.05, 3.63) is 65.4 Å². The van der Waals surface area contributed by atoms with Gasteiger partial charge in [0.2, 0.25) is 5.91 Å². The standard InChI is InChI=1S/C19H15ClN6OS/c1-12-5-2-3-8-15(12)23-16(27)10-28-19-17-18(21-11-22-19)26(25-24-17)14-7-4-6-13(20)9-14/h2-9,11H,10H2,1H3,(H,23,27). The molecule has 0 saturated heterocycles. The molecule has 0 unspecified atom stereocenters. The number of nitrogens with one attached hydrogen (secondary N) is 1. The van der Waals surface area contributed by atoms with Gasteiger partial charge in [-0.05, 0) is 36.8 Å². The number of halogens is 1. The molecule has 7 nitrogen and oxygen atoms in total. The molecular weight excluding hydrogens is 396 g/mol. The third kappa shape index (κ3) is 3.83. The largest absolute Gasteiger partial charge is 0.325 e. The number of nitrogens with zero attached hydrogens (tertiary/aromatic N) is 5. The molecule has 1 amide bonds. The lowest BCUT2D eigenvalue weighted by Crippen LogP contribution is -2.14. The normalized spacial score (nSPS) is 10.9. The molecule has 0 radical (unpaired) electrons. The van der Waals surface area contributed by atoms with Gasteiger partial charge in [-0.25, -0.2) is 9.97 Å². The van der Waals surface area contributed by atoms with Crippen molar-refractivity contribution in [1.82, 2.24) is 25.0 Å². The van der Waals surface area contributed by atoms with Crippen LogP contribution in [0.3, 0.4) is 0 Å². The molecule has 0 aliphatic carbocycles. The van der Waals surface area contributed by atoms with E-state index < -0.39 is 0 Å². The van der Waals surface area contributed by atoms with Crippen LogP contribution in [0.15, 0.2) is 59.9 Å². The molecule has 0 aliphatic heterocycles. The molecule has 0 atom stereocenters. The fourth-order valence-electron chi connectivity index (χ4n) is 2.65. The molecule has 2 aromatic heterocycles. The smallest absolute Gasteiger partial charge is 0.234 e. The number of hydrogen-bond donors (Lipinski definition) is 1. The van der Waals surface area contributed by atoms with Crippen LogP contribution in [-0.4, -0.2) is 36.6 Å². The summed E-state index contributed by atoms with van der Waals surface area (Å²) in [5.41, 5.74) is 3.65. The Balaban J connectivity index is 1.53. The highest BCUT2D eigenvalue weighted by molar-refractivity contribution is 8.00. The van der Waals surface area contributed by atoms with E-state index in [4.69, 9.17) is 11.6 Å². The monoisotopic (exact) mass is 410 g/mol. The molecule has 0 spiro atoms. The first-order valence-corrected chi connectivity index (χ1v) is 9.79. The second-order valence-corrected chi connectivity index (χ2v) is 7.38. The van der Waals surface area contributed by atoms with Crippen LogP contribution in [-0.2, 0) is 4.79 Å². The minimum absolute atomic E-state index is 0.117. The zero-order chi connectivity index (χ0) is 19.5. The lowest BCUT2D eigenvalue weighted by Gasteiger charge is -2.07. The number of aryl methyl sites for hydroxylation is 1. The summed E-state index contributed by atoms with van der Waals surface area (Å²) in [4.78, 5) is 20.8. The van der Waals surface area contributed by atoms with E-state index in [1.54, 1.807) is 16.8 Å². The van der Waals surface area contributed by atoms with Gasteiger partial charge in [-0.3, -0.25) is 4.79 Å². The van der Waals surface area contributed by atoms with Crippen molar-refractivity contribution >= 4 is 46.1 Å². The summed E-state index contributed by atoms with van der Waals surface area (Å²) in [7, 11) is 0. The van der Waals surface area contributed by atoms with E-state index in [9.17, 15) is 4.79 Å². The number of thioether (sulfide) groups is 1. The van der Waals surface area contributed by atoms with E-state index in [0.29, 0.717) is 21.2 Å². The number of hydrogen-bond acceptors (Lipinski definition) is 6. The second-order valence-electron chi connectivity index (χ2n) is 5.98. The summed E-state index contributed by atoms with van der Waals surface area (Å²) in [6.07, 6.45) is 1.44. The summed E-state index contributed by atoms with van der Waals surface area (Å²) in [6.45, 7) is 1.95. The first-order chi connectivity index (χ1) is 13.6. The molecule has 2 aromatic carbocycles. The number of para-hydroxylation sites is 1. The topological polar surface area (TPSA) is 85.6 Å². The van der Waals surface area contributed by atoms with Gasteiger partial charge in [0.15, 0.2) is 11.2 Å². The summed E-state index contributed by atoms with van der Waals surface area (Å²) in [5.74, 6) is 0.0816. The average molecular weight is 411 g/mol. The molecule has 4 aromatic rings. The highest BCUT2D eigenvalue weighted by Gasteiger charge is 2.15. The van der Waals surface area contributed by atoms with Gasteiger partial charge in [0.1, 0.15) is 11.4 Å². The Bertz CT molecular complexity index is 1160. The molecule has 0 saturated carbocycles. The maximum Gasteiger partial charge on any atom is 0.234 e. The van der Waals surface area contributed by atoms with Crippen LogP contribution in [0.1, 0.15) is 5.56 Å². The Hall–Kier alpha value is -2.97. The molecule has 0 aliphatic rings. The Morgan fingerprint density at radius 1 is 1.18 bits per heavy atom. The van der Waals surface area contributed by atoms with Gasteiger partial charge in [-0.15, -0.1) is 5.10 Å². The lowest BCUT2D eigenvalue weighted by atomic mass is 10.2. The van der Waals surface area contributed by atoms with E-state index in [1.165, 1.54) is 18.1 Å². The number of carbonyl (C=O) groups is 1. The lowest BCUT2D eigenvalue weighted by molar-refractivity contribution is -0.113. The van der Waals surface area contributed by atoms with Crippen LogP contribution in [0, 0.1) is 6.92 Å². The predicted octanol–water partition coefficient (Wildman–Crippen LogP) is 3.90. The van der Waals surface area contributed by atoms with E-state index in [2.05, 4.69) is 25.6 Å². The number of benzene rings is 2. The van der Waals surface area contributed by atoms with Crippen LogP contribution in [0.5, 0.6) is 0 Å². The predicted molar refractivity (Wildman–Crippen MR) is 110 cm³/mol. The van der Waals surface area contributed by atoms with Gasteiger partial charge in [-0.1, -0.05) is 52.8 Å². The third-order valence-corrected chi connectivity index (χ3v) is 5.23. The van der Waals surface area contributed by atoms with Gasteiger partial charge in [0.05, 0.1) is 11.4 Å². The van der Waals surface area contributed by atoms with Gasteiger partial charge in [-0.2, -0.15) is 4.68 Å². The van der Waals surface area contributed by atoms with E-state index >= 15 is 0 Å². The van der Waals surface area contributed by atoms with Crippen molar-refractivity contribution < 1.29 is 4.79 Å². The zero-order valence-electron chi connectivity index (χ0n) is 14.8. The van der Waals surface area contributed by atoms with Gasteiger partial charge < -0.3 is 5.32 Å². The molecule has 0 fully saturated rings. The molecule has 4 rings (SSSR count). The maximum atomic E-state index is 12.3. The highest BCUT2D eigenvalue weighted by atomic mass is 35.5. The van der Waals surface area contributed by atoms with Crippen molar-refractivity contribution in [1.29, 1.82) is 0 Å². The first kappa shape index (κ1) is 18.4. The Kier molecular flexibility index (Phi) is 5.23. The molecule has 9 heteroatoms. The van der Waals surface area contributed by atoms with Crippen LogP contribution in [0.2, 0.25) is 5.02 Å². The SMILES string of the molecule is Cc1ccccc1NC(=O)CSc1ncnc2c1nnn2-c1cccc(Cl)c1. The Labute approximate surface area is 170 Å². The third-order valence-electron chi connectivity index (χ3n) is 4.02.